The highest BCUT2D eigenvalue weighted by Crippen LogP contribution is 2.37. The Hall–Kier alpha value is -2.59. The van der Waals surface area contributed by atoms with Crippen LogP contribution < -0.4 is 10.8 Å². The Morgan fingerprint density at radius 1 is 1.29 bits per heavy atom. The molecule has 2 N–H and O–H groups in total. The van der Waals surface area contributed by atoms with E-state index in [1.807, 2.05) is 45.9 Å². The van der Waals surface area contributed by atoms with Gasteiger partial charge < -0.3 is 29.2 Å². The van der Waals surface area contributed by atoms with E-state index in [9.17, 15) is 9.59 Å². The van der Waals surface area contributed by atoms with Gasteiger partial charge in [0.1, 0.15) is 12.4 Å². The van der Waals surface area contributed by atoms with Crippen molar-refractivity contribution in [1.82, 2.24) is 20.2 Å². The van der Waals surface area contributed by atoms with E-state index in [0.717, 1.165) is 35.2 Å². The molecule has 1 aromatic carbocycles. The first-order valence-electron chi connectivity index (χ1n) is 10.6. The molecule has 0 spiro atoms. The number of rotatable bonds is 4. The van der Waals surface area contributed by atoms with E-state index in [1.165, 1.54) is 7.11 Å². The summed E-state index contributed by atoms with van der Waals surface area (Å²) in [7, 11) is 0.820. The number of likely N-dealkylation sites (tertiary alicyclic amines) is 1. The average Bonchev–Trinajstić information content (AvgIpc) is 3.40. The lowest BCUT2D eigenvalue weighted by Gasteiger charge is -2.32. The van der Waals surface area contributed by atoms with Gasteiger partial charge in [-0.1, -0.05) is 6.07 Å². The molecule has 2 aliphatic heterocycles. The van der Waals surface area contributed by atoms with Gasteiger partial charge in [-0.3, -0.25) is 4.79 Å². The molecular formula is C21H29BN4O5. The van der Waals surface area contributed by atoms with Crippen molar-refractivity contribution < 1.29 is 23.6 Å². The number of benzene rings is 1. The fourth-order valence-electron chi connectivity index (χ4n) is 4.00. The largest absolute Gasteiger partial charge is 0.494 e. The first-order valence-corrected chi connectivity index (χ1v) is 10.6. The number of ether oxygens (including phenoxy) is 1. The zero-order valence-electron chi connectivity index (χ0n) is 18.7. The SMILES string of the molecule is COC(=O)NCC(=O)N1CCCC1c1nc2ccc(B3OC(C)(C)C(C)(C)O3)cc2[nH]1. The van der Waals surface area contributed by atoms with E-state index in [1.54, 1.807) is 4.90 Å². The van der Waals surface area contributed by atoms with Crippen LogP contribution in [0.15, 0.2) is 18.2 Å². The third kappa shape index (κ3) is 4.01. The van der Waals surface area contributed by atoms with E-state index >= 15 is 0 Å². The summed E-state index contributed by atoms with van der Waals surface area (Å²) in [5.74, 6) is 0.580. The highest BCUT2D eigenvalue weighted by atomic mass is 16.7. The topological polar surface area (TPSA) is 106 Å². The van der Waals surface area contributed by atoms with Crippen molar-refractivity contribution in [1.29, 1.82) is 0 Å². The number of alkyl carbamates (subject to hydrolysis) is 1. The molecule has 166 valence electrons. The molecule has 2 saturated heterocycles. The third-order valence-electron chi connectivity index (χ3n) is 6.51. The first kappa shape index (κ1) is 21.6. The maximum atomic E-state index is 12.6. The maximum Gasteiger partial charge on any atom is 0.494 e. The molecule has 1 atom stereocenters. The van der Waals surface area contributed by atoms with Crippen molar-refractivity contribution in [2.75, 3.05) is 20.2 Å². The highest BCUT2D eigenvalue weighted by Gasteiger charge is 2.51. The van der Waals surface area contributed by atoms with Crippen LogP contribution in [0.3, 0.4) is 0 Å². The van der Waals surface area contributed by atoms with Crippen LogP contribution in [0.25, 0.3) is 11.0 Å². The molecule has 10 heteroatoms. The van der Waals surface area contributed by atoms with Crippen LogP contribution in [0.4, 0.5) is 4.79 Å². The van der Waals surface area contributed by atoms with Gasteiger partial charge in [0.25, 0.3) is 0 Å². The van der Waals surface area contributed by atoms with Gasteiger partial charge in [-0.15, -0.1) is 0 Å². The minimum atomic E-state index is -0.622. The molecule has 0 radical (unpaired) electrons. The van der Waals surface area contributed by atoms with E-state index < -0.39 is 24.4 Å². The molecule has 2 aromatic rings. The molecule has 1 unspecified atom stereocenters. The average molecular weight is 428 g/mol. The fourth-order valence-corrected chi connectivity index (χ4v) is 4.00. The number of methoxy groups -OCH3 is 1. The van der Waals surface area contributed by atoms with Crippen LogP contribution >= 0.6 is 0 Å². The van der Waals surface area contributed by atoms with Crippen molar-refractivity contribution >= 4 is 35.6 Å². The summed E-state index contributed by atoms with van der Waals surface area (Å²) >= 11 is 0. The van der Waals surface area contributed by atoms with Crippen molar-refractivity contribution in [3.05, 3.63) is 24.0 Å². The summed E-state index contributed by atoms with van der Waals surface area (Å²) < 4.78 is 16.8. The lowest BCUT2D eigenvalue weighted by molar-refractivity contribution is -0.131. The van der Waals surface area contributed by atoms with Gasteiger partial charge in [0.05, 0.1) is 35.4 Å². The van der Waals surface area contributed by atoms with Crippen molar-refractivity contribution in [2.45, 2.75) is 57.8 Å². The zero-order chi connectivity index (χ0) is 22.4. The molecule has 1 aromatic heterocycles. The number of nitrogens with zero attached hydrogens (tertiary/aromatic N) is 2. The van der Waals surface area contributed by atoms with Crippen molar-refractivity contribution in [3.8, 4) is 0 Å². The Morgan fingerprint density at radius 3 is 2.68 bits per heavy atom. The summed E-state index contributed by atoms with van der Waals surface area (Å²) in [4.78, 5) is 33.7. The molecule has 0 aliphatic carbocycles. The molecular weight excluding hydrogens is 399 g/mol. The number of imidazole rings is 1. The van der Waals surface area contributed by atoms with E-state index in [-0.39, 0.29) is 18.5 Å². The number of aromatic amines is 1. The molecule has 31 heavy (non-hydrogen) atoms. The number of hydrogen-bond donors (Lipinski definition) is 2. The number of fused-ring (bicyclic) bond motifs is 1. The third-order valence-corrected chi connectivity index (χ3v) is 6.51. The molecule has 2 amide bonds. The van der Waals surface area contributed by atoms with E-state index in [2.05, 4.69) is 15.0 Å². The Labute approximate surface area is 182 Å². The Morgan fingerprint density at radius 2 is 2.00 bits per heavy atom. The minimum Gasteiger partial charge on any atom is -0.453 e. The molecule has 4 rings (SSSR count). The van der Waals surface area contributed by atoms with Gasteiger partial charge in [0.2, 0.25) is 5.91 Å². The Bertz CT molecular complexity index is 989. The summed E-state index contributed by atoms with van der Waals surface area (Å²) in [5.41, 5.74) is 1.79. The molecule has 2 fully saturated rings. The van der Waals surface area contributed by atoms with Crippen LogP contribution in [-0.4, -0.2) is 65.4 Å². The van der Waals surface area contributed by atoms with Gasteiger partial charge in [0, 0.05) is 6.54 Å². The second-order valence-corrected chi connectivity index (χ2v) is 9.08. The van der Waals surface area contributed by atoms with Crippen molar-refractivity contribution in [3.63, 3.8) is 0 Å². The van der Waals surface area contributed by atoms with Crippen molar-refractivity contribution in [2.24, 2.45) is 0 Å². The van der Waals surface area contributed by atoms with Gasteiger partial charge in [0.15, 0.2) is 0 Å². The molecule has 0 bridgehead atoms. The number of H-pyrrole nitrogens is 1. The molecule has 0 saturated carbocycles. The summed E-state index contributed by atoms with van der Waals surface area (Å²) in [6.07, 6.45) is 1.07. The van der Waals surface area contributed by atoms with Gasteiger partial charge in [-0.25, -0.2) is 9.78 Å². The Balaban J connectivity index is 1.53. The smallest absolute Gasteiger partial charge is 0.453 e. The van der Waals surface area contributed by atoms with E-state index in [0.29, 0.717) is 6.54 Å². The van der Waals surface area contributed by atoms with Crippen LogP contribution in [0.1, 0.15) is 52.4 Å². The number of hydrogen-bond acceptors (Lipinski definition) is 6. The second-order valence-electron chi connectivity index (χ2n) is 9.08. The van der Waals surface area contributed by atoms with Crippen LogP contribution in [0.2, 0.25) is 0 Å². The number of nitrogens with one attached hydrogen (secondary N) is 2. The minimum absolute atomic E-state index is 0.102. The molecule has 9 nitrogen and oxygen atoms in total. The number of aromatic nitrogens is 2. The molecule has 2 aliphatic rings. The van der Waals surface area contributed by atoms with Gasteiger partial charge >= 0.3 is 13.2 Å². The quantitative estimate of drug-likeness (QED) is 0.721. The monoisotopic (exact) mass is 428 g/mol. The fraction of sp³-hybridized carbons (Fsp3) is 0.571. The number of amides is 2. The van der Waals surface area contributed by atoms with Crippen LogP contribution in [0, 0.1) is 0 Å². The van der Waals surface area contributed by atoms with Gasteiger partial charge in [-0.2, -0.15) is 0 Å². The maximum absolute atomic E-state index is 12.6. The van der Waals surface area contributed by atoms with E-state index in [4.69, 9.17) is 14.3 Å². The molecule has 3 heterocycles. The number of carbonyl (C=O) groups is 2. The lowest BCUT2D eigenvalue weighted by atomic mass is 9.79. The zero-order valence-corrected chi connectivity index (χ0v) is 18.7. The van der Waals surface area contributed by atoms with Crippen LogP contribution in [-0.2, 0) is 18.8 Å². The summed E-state index contributed by atoms with van der Waals surface area (Å²) in [6.45, 7) is 8.64. The number of carbonyl (C=O) groups excluding carboxylic acids is 2. The van der Waals surface area contributed by atoms with Crippen LogP contribution in [0.5, 0.6) is 0 Å². The predicted octanol–water partition coefficient (Wildman–Crippen LogP) is 1.88. The standard InChI is InChI=1S/C21H29BN4O5/c1-20(2)21(3,4)31-22(30-20)13-8-9-14-15(11-13)25-18(24-14)16-7-6-10-26(16)17(27)12-23-19(28)29-5/h8-9,11,16H,6-7,10,12H2,1-5H3,(H,23,28)(H,24,25). The lowest BCUT2D eigenvalue weighted by Crippen LogP contribution is -2.41. The highest BCUT2D eigenvalue weighted by molar-refractivity contribution is 6.62. The first-order chi connectivity index (χ1) is 14.6. The summed E-state index contributed by atoms with van der Waals surface area (Å²) in [6, 6.07) is 5.75. The second kappa shape index (κ2) is 7.83. The predicted molar refractivity (Wildman–Crippen MR) is 116 cm³/mol. The summed E-state index contributed by atoms with van der Waals surface area (Å²) in [5, 5.41) is 2.45. The van der Waals surface area contributed by atoms with Gasteiger partial charge in [-0.05, 0) is 58.1 Å². The Kier molecular flexibility index (Phi) is 5.47. The normalized spacial score (nSPS) is 22.2.